The van der Waals surface area contributed by atoms with Gasteiger partial charge in [-0.05, 0) is 18.2 Å². The van der Waals surface area contributed by atoms with Gasteiger partial charge in [-0.3, -0.25) is 0 Å². The number of rotatable bonds is 6. The largest absolute Gasteiger partial charge is 0.493 e. The highest BCUT2D eigenvalue weighted by molar-refractivity contribution is 5.59. The maximum atomic E-state index is 5.72. The van der Waals surface area contributed by atoms with Gasteiger partial charge in [-0.2, -0.15) is 4.98 Å². The van der Waals surface area contributed by atoms with Crippen LogP contribution in [0.4, 0.5) is 0 Å². The van der Waals surface area contributed by atoms with Gasteiger partial charge in [-0.15, -0.1) is 10.2 Å². The second kappa shape index (κ2) is 7.28. The molecule has 2 heterocycles. The van der Waals surface area contributed by atoms with E-state index in [0.29, 0.717) is 35.0 Å². The lowest BCUT2D eigenvalue weighted by Crippen LogP contribution is -1.90. The molecule has 0 atom stereocenters. The predicted molar refractivity (Wildman–Crippen MR) is 95.4 cm³/mol. The van der Waals surface area contributed by atoms with E-state index in [1.165, 1.54) is 0 Å². The van der Waals surface area contributed by atoms with Gasteiger partial charge in [0.2, 0.25) is 23.5 Å². The second-order valence-corrected chi connectivity index (χ2v) is 5.63. The molecule has 2 aromatic heterocycles. The van der Waals surface area contributed by atoms with Gasteiger partial charge < -0.3 is 18.4 Å². The third kappa shape index (κ3) is 3.50. The van der Waals surface area contributed by atoms with E-state index in [9.17, 15) is 0 Å². The van der Waals surface area contributed by atoms with Crippen molar-refractivity contribution in [3.63, 3.8) is 0 Å². The van der Waals surface area contributed by atoms with E-state index in [-0.39, 0.29) is 6.42 Å². The van der Waals surface area contributed by atoms with Crippen molar-refractivity contribution >= 4 is 0 Å². The number of hydrogen-bond acceptors (Lipinski definition) is 8. The third-order valence-corrected chi connectivity index (χ3v) is 3.90. The van der Waals surface area contributed by atoms with Crippen LogP contribution < -0.4 is 9.47 Å². The predicted octanol–water partition coefficient (Wildman–Crippen LogP) is 3.39. The highest BCUT2D eigenvalue weighted by Crippen LogP contribution is 2.31. The minimum atomic E-state index is 0.250. The molecule has 27 heavy (non-hydrogen) atoms. The van der Waals surface area contributed by atoms with E-state index in [0.717, 1.165) is 11.1 Å². The molecule has 0 spiro atoms. The summed E-state index contributed by atoms with van der Waals surface area (Å²) in [5, 5.41) is 12.1. The SMILES string of the molecule is COc1ccc(-c2nnc(Cc3nc(-c4ccccc4)no3)o2)cc1OC. The fraction of sp³-hybridized carbons (Fsp3) is 0.158. The molecular weight excluding hydrogens is 348 g/mol. The van der Waals surface area contributed by atoms with Crippen LogP contribution >= 0.6 is 0 Å². The summed E-state index contributed by atoms with van der Waals surface area (Å²) in [5.41, 5.74) is 1.60. The normalized spacial score (nSPS) is 10.7. The molecule has 0 radical (unpaired) electrons. The van der Waals surface area contributed by atoms with Crippen LogP contribution in [0, 0.1) is 0 Å². The van der Waals surface area contributed by atoms with Crippen LogP contribution in [0.25, 0.3) is 22.8 Å². The van der Waals surface area contributed by atoms with Crippen LogP contribution in [0.15, 0.2) is 57.5 Å². The molecular formula is C19H16N4O4. The van der Waals surface area contributed by atoms with Gasteiger partial charge in [0.15, 0.2) is 11.5 Å². The lowest BCUT2D eigenvalue weighted by Gasteiger charge is -2.07. The van der Waals surface area contributed by atoms with Gasteiger partial charge >= 0.3 is 0 Å². The zero-order valence-corrected chi connectivity index (χ0v) is 14.7. The van der Waals surface area contributed by atoms with E-state index in [1.807, 2.05) is 36.4 Å². The molecule has 0 unspecified atom stereocenters. The Bertz CT molecular complexity index is 1040. The van der Waals surface area contributed by atoms with Crippen molar-refractivity contribution in [2.45, 2.75) is 6.42 Å². The first-order chi connectivity index (χ1) is 13.3. The molecule has 4 aromatic rings. The Morgan fingerprint density at radius 1 is 0.852 bits per heavy atom. The molecule has 0 aliphatic carbocycles. The van der Waals surface area contributed by atoms with E-state index in [1.54, 1.807) is 26.4 Å². The van der Waals surface area contributed by atoms with Gasteiger partial charge in [0.25, 0.3) is 0 Å². The van der Waals surface area contributed by atoms with Gasteiger partial charge in [0.05, 0.1) is 14.2 Å². The lowest BCUT2D eigenvalue weighted by molar-refractivity contribution is 0.355. The van der Waals surface area contributed by atoms with Crippen LogP contribution in [0.5, 0.6) is 11.5 Å². The average Bonchev–Trinajstić information content (AvgIpc) is 3.38. The van der Waals surface area contributed by atoms with Gasteiger partial charge in [0, 0.05) is 11.1 Å². The van der Waals surface area contributed by atoms with Crippen molar-refractivity contribution in [1.29, 1.82) is 0 Å². The maximum absolute atomic E-state index is 5.72. The molecule has 4 rings (SSSR count). The quantitative estimate of drug-likeness (QED) is 0.514. The van der Waals surface area contributed by atoms with Crippen LogP contribution in [-0.4, -0.2) is 34.6 Å². The zero-order chi connectivity index (χ0) is 18.6. The molecule has 0 saturated carbocycles. The van der Waals surface area contributed by atoms with Crippen molar-refractivity contribution < 1.29 is 18.4 Å². The van der Waals surface area contributed by atoms with E-state index < -0.39 is 0 Å². The molecule has 0 aliphatic heterocycles. The summed E-state index contributed by atoms with van der Waals surface area (Å²) in [5.74, 6) is 2.87. The smallest absolute Gasteiger partial charge is 0.247 e. The second-order valence-electron chi connectivity index (χ2n) is 5.63. The molecule has 8 heteroatoms. The van der Waals surface area contributed by atoms with Crippen molar-refractivity contribution in [3.8, 4) is 34.3 Å². The van der Waals surface area contributed by atoms with E-state index in [4.69, 9.17) is 18.4 Å². The zero-order valence-electron chi connectivity index (χ0n) is 14.7. The van der Waals surface area contributed by atoms with Crippen LogP contribution in [-0.2, 0) is 6.42 Å². The Balaban J connectivity index is 1.53. The highest BCUT2D eigenvalue weighted by Gasteiger charge is 2.15. The fourth-order valence-corrected chi connectivity index (χ4v) is 2.57. The van der Waals surface area contributed by atoms with Crippen molar-refractivity contribution in [2.24, 2.45) is 0 Å². The van der Waals surface area contributed by atoms with Crippen LogP contribution in [0.1, 0.15) is 11.8 Å². The molecule has 0 saturated heterocycles. The number of nitrogens with zero attached hydrogens (tertiary/aromatic N) is 4. The average molecular weight is 364 g/mol. The minimum absolute atomic E-state index is 0.250. The Morgan fingerprint density at radius 3 is 2.44 bits per heavy atom. The van der Waals surface area contributed by atoms with Gasteiger partial charge in [0.1, 0.15) is 6.42 Å². The van der Waals surface area contributed by atoms with Crippen molar-refractivity contribution in [1.82, 2.24) is 20.3 Å². The van der Waals surface area contributed by atoms with Crippen LogP contribution in [0.2, 0.25) is 0 Å². The fourth-order valence-electron chi connectivity index (χ4n) is 2.57. The topological polar surface area (TPSA) is 96.3 Å². The summed E-state index contributed by atoms with van der Waals surface area (Å²) in [4.78, 5) is 4.37. The molecule has 0 bridgehead atoms. The van der Waals surface area contributed by atoms with Gasteiger partial charge in [-0.25, -0.2) is 0 Å². The van der Waals surface area contributed by atoms with Crippen molar-refractivity contribution in [2.75, 3.05) is 14.2 Å². The highest BCUT2D eigenvalue weighted by atomic mass is 16.5. The van der Waals surface area contributed by atoms with E-state index in [2.05, 4.69) is 20.3 Å². The molecule has 0 amide bonds. The number of ether oxygens (including phenoxy) is 2. The Labute approximate surface area is 154 Å². The Hall–Kier alpha value is -3.68. The van der Waals surface area contributed by atoms with Gasteiger partial charge in [-0.1, -0.05) is 35.5 Å². The molecule has 2 aromatic carbocycles. The summed E-state index contributed by atoms with van der Waals surface area (Å²) in [6.07, 6.45) is 0.250. The summed E-state index contributed by atoms with van der Waals surface area (Å²) in [6.45, 7) is 0. The molecule has 0 aliphatic rings. The third-order valence-electron chi connectivity index (χ3n) is 3.90. The first-order valence-corrected chi connectivity index (χ1v) is 8.19. The number of aromatic nitrogens is 4. The molecule has 0 fully saturated rings. The summed E-state index contributed by atoms with van der Waals surface area (Å²) in [7, 11) is 3.15. The monoisotopic (exact) mass is 364 g/mol. The Kier molecular flexibility index (Phi) is 4.52. The molecule has 136 valence electrons. The Morgan fingerprint density at radius 2 is 1.67 bits per heavy atom. The van der Waals surface area contributed by atoms with E-state index >= 15 is 0 Å². The number of benzene rings is 2. The van der Waals surface area contributed by atoms with Crippen molar-refractivity contribution in [3.05, 3.63) is 60.3 Å². The van der Waals surface area contributed by atoms with Crippen LogP contribution in [0.3, 0.4) is 0 Å². The standard InChI is InChI=1S/C19H16N4O4/c1-24-14-9-8-13(10-15(14)25-2)19-22-21-17(26-19)11-16-20-18(23-27-16)12-6-4-3-5-7-12/h3-10H,11H2,1-2H3. The summed E-state index contributed by atoms with van der Waals surface area (Å²) in [6, 6.07) is 15.0. The summed E-state index contributed by atoms with van der Waals surface area (Å²) >= 11 is 0. The molecule has 8 nitrogen and oxygen atoms in total. The number of hydrogen-bond donors (Lipinski definition) is 0. The maximum Gasteiger partial charge on any atom is 0.247 e. The first kappa shape index (κ1) is 16.8. The first-order valence-electron chi connectivity index (χ1n) is 8.19. The lowest BCUT2D eigenvalue weighted by atomic mass is 10.2. The minimum Gasteiger partial charge on any atom is -0.493 e. The number of methoxy groups -OCH3 is 2. The molecule has 0 N–H and O–H groups in total. The summed E-state index contributed by atoms with van der Waals surface area (Å²) < 4.78 is 21.5.